The van der Waals surface area contributed by atoms with Crippen molar-refractivity contribution in [2.24, 2.45) is 5.73 Å². The van der Waals surface area contributed by atoms with Crippen LogP contribution in [0.1, 0.15) is 29.8 Å². The van der Waals surface area contributed by atoms with E-state index >= 15 is 0 Å². The van der Waals surface area contributed by atoms with Crippen LogP contribution >= 0.6 is 0 Å². The largest absolute Gasteiger partial charge is 0.492 e. The fraction of sp³-hybridized carbons (Fsp3) is 0.462. The number of nitrogens with one attached hydrogen (secondary N) is 1. The van der Waals surface area contributed by atoms with Gasteiger partial charge in [-0.2, -0.15) is 13.2 Å². The molecule has 112 valence electrons. The molecule has 0 heterocycles. The number of hydrogen-bond donors (Lipinski definition) is 2. The molecule has 0 atom stereocenters. The Morgan fingerprint density at radius 3 is 2.55 bits per heavy atom. The average molecular weight is 290 g/mol. The molecule has 0 fully saturated rings. The minimum atomic E-state index is -4.60. The topological polar surface area (TPSA) is 64.3 Å². The average Bonchev–Trinajstić information content (AvgIpc) is 2.34. The smallest absolute Gasteiger partial charge is 0.419 e. The van der Waals surface area contributed by atoms with Crippen LogP contribution in [0.4, 0.5) is 13.2 Å². The van der Waals surface area contributed by atoms with Crippen molar-refractivity contribution in [2.75, 3.05) is 13.2 Å². The molecule has 1 aromatic rings. The summed E-state index contributed by atoms with van der Waals surface area (Å²) in [5.41, 5.74) is 4.15. The fourth-order valence-corrected chi connectivity index (χ4v) is 1.53. The first-order valence-corrected chi connectivity index (χ1v) is 6.10. The van der Waals surface area contributed by atoms with Crippen molar-refractivity contribution in [3.05, 3.63) is 29.3 Å². The van der Waals surface area contributed by atoms with Crippen LogP contribution in [0.3, 0.4) is 0 Å². The highest BCUT2D eigenvalue weighted by Gasteiger charge is 2.35. The zero-order valence-corrected chi connectivity index (χ0v) is 11.3. The quantitative estimate of drug-likeness (QED) is 0.873. The number of halogens is 3. The summed E-state index contributed by atoms with van der Waals surface area (Å²) >= 11 is 0. The van der Waals surface area contributed by atoms with Crippen LogP contribution in [0.15, 0.2) is 18.2 Å². The Labute approximate surface area is 115 Å². The van der Waals surface area contributed by atoms with Crippen molar-refractivity contribution >= 4 is 5.91 Å². The first-order valence-electron chi connectivity index (χ1n) is 6.10. The molecule has 0 saturated heterocycles. The summed E-state index contributed by atoms with van der Waals surface area (Å²) < 4.78 is 43.8. The second-order valence-electron chi connectivity index (χ2n) is 4.47. The predicted octanol–water partition coefficient (Wildman–Crippen LogP) is 2.18. The Balaban J connectivity index is 3.11. The van der Waals surface area contributed by atoms with E-state index in [1.807, 2.05) is 0 Å². The molecule has 1 amide bonds. The standard InChI is InChI=1S/C13H17F3N2O2/c1-8(2)18-12(19)9-3-4-11(20-6-5-17)10(7-9)13(14,15)16/h3-4,7-8H,5-6,17H2,1-2H3,(H,18,19). The molecule has 0 bridgehead atoms. The van der Waals surface area contributed by atoms with Crippen molar-refractivity contribution in [1.82, 2.24) is 5.32 Å². The number of nitrogens with two attached hydrogens (primary N) is 1. The molecule has 0 spiro atoms. The van der Waals surface area contributed by atoms with Crippen LogP contribution in [0.2, 0.25) is 0 Å². The Bertz CT molecular complexity index is 473. The molecular weight excluding hydrogens is 273 g/mol. The van der Waals surface area contributed by atoms with Crippen molar-refractivity contribution in [1.29, 1.82) is 0 Å². The van der Waals surface area contributed by atoms with E-state index in [0.29, 0.717) is 0 Å². The Hall–Kier alpha value is -1.76. The van der Waals surface area contributed by atoms with Gasteiger partial charge in [-0.15, -0.1) is 0 Å². The maximum Gasteiger partial charge on any atom is 0.419 e. The van der Waals surface area contributed by atoms with Gasteiger partial charge in [0.25, 0.3) is 5.91 Å². The van der Waals surface area contributed by atoms with E-state index in [4.69, 9.17) is 10.5 Å². The summed E-state index contributed by atoms with van der Waals surface area (Å²) in [7, 11) is 0. The lowest BCUT2D eigenvalue weighted by molar-refractivity contribution is -0.138. The summed E-state index contributed by atoms with van der Waals surface area (Å²) in [5.74, 6) is -0.889. The zero-order valence-electron chi connectivity index (χ0n) is 11.3. The Kier molecular flexibility index (Phi) is 5.38. The van der Waals surface area contributed by atoms with E-state index in [-0.39, 0.29) is 30.5 Å². The lowest BCUT2D eigenvalue weighted by Gasteiger charge is -2.15. The normalized spacial score (nSPS) is 11.6. The van der Waals surface area contributed by atoms with Gasteiger partial charge in [-0.3, -0.25) is 4.79 Å². The van der Waals surface area contributed by atoms with E-state index in [1.54, 1.807) is 13.8 Å². The van der Waals surface area contributed by atoms with E-state index in [0.717, 1.165) is 12.1 Å². The highest BCUT2D eigenvalue weighted by molar-refractivity contribution is 5.94. The van der Waals surface area contributed by atoms with Crippen LogP contribution in [0.25, 0.3) is 0 Å². The molecule has 0 aliphatic rings. The molecule has 3 N–H and O–H groups in total. The number of benzene rings is 1. The van der Waals surface area contributed by atoms with Gasteiger partial charge < -0.3 is 15.8 Å². The molecule has 0 unspecified atom stereocenters. The maximum atomic E-state index is 12.9. The number of ether oxygens (including phenoxy) is 1. The van der Waals surface area contributed by atoms with Gasteiger partial charge in [0, 0.05) is 18.2 Å². The summed E-state index contributed by atoms with van der Waals surface area (Å²) in [5, 5.41) is 2.53. The third-order valence-electron chi connectivity index (χ3n) is 2.34. The number of amides is 1. The molecule has 1 aromatic carbocycles. The number of carbonyl (C=O) groups excluding carboxylic acids is 1. The molecule has 0 aromatic heterocycles. The van der Waals surface area contributed by atoms with Crippen LogP contribution in [-0.4, -0.2) is 25.1 Å². The summed E-state index contributed by atoms with van der Waals surface area (Å²) in [6.07, 6.45) is -4.60. The van der Waals surface area contributed by atoms with Gasteiger partial charge in [0.1, 0.15) is 12.4 Å². The van der Waals surface area contributed by atoms with Gasteiger partial charge in [0.2, 0.25) is 0 Å². The first kappa shape index (κ1) is 16.3. The molecule has 4 nitrogen and oxygen atoms in total. The van der Waals surface area contributed by atoms with Gasteiger partial charge in [-0.1, -0.05) is 0 Å². The van der Waals surface area contributed by atoms with Gasteiger partial charge in [0.05, 0.1) is 5.56 Å². The second-order valence-corrected chi connectivity index (χ2v) is 4.47. The summed E-state index contributed by atoms with van der Waals surface area (Å²) in [6, 6.07) is 3.04. The minimum Gasteiger partial charge on any atom is -0.492 e. The highest BCUT2D eigenvalue weighted by atomic mass is 19.4. The molecule has 0 saturated carbocycles. The molecule has 20 heavy (non-hydrogen) atoms. The molecule has 1 rings (SSSR count). The van der Waals surface area contributed by atoms with Gasteiger partial charge in [0.15, 0.2) is 0 Å². The van der Waals surface area contributed by atoms with Gasteiger partial charge >= 0.3 is 6.18 Å². The fourth-order valence-electron chi connectivity index (χ4n) is 1.53. The number of alkyl halides is 3. The first-order chi connectivity index (χ1) is 9.25. The SMILES string of the molecule is CC(C)NC(=O)c1ccc(OCCN)c(C(F)(F)F)c1. The third kappa shape index (κ3) is 4.41. The second kappa shape index (κ2) is 6.60. The monoisotopic (exact) mass is 290 g/mol. The molecule has 0 aliphatic carbocycles. The maximum absolute atomic E-state index is 12.9. The van der Waals surface area contributed by atoms with Crippen LogP contribution in [0, 0.1) is 0 Å². The minimum absolute atomic E-state index is 0.0272. The van der Waals surface area contributed by atoms with Gasteiger partial charge in [-0.25, -0.2) is 0 Å². The van der Waals surface area contributed by atoms with E-state index < -0.39 is 17.6 Å². The van der Waals surface area contributed by atoms with Crippen molar-refractivity contribution in [3.8, 4) is 5.75 Å². The molecule has 7 heteroatoms. The third-order valence-corrected chi connectivity index (χ3v) is 2.34. The highest BCUT2D eigenvalue weighted by Crippen LogP contribution is 2.36. The number of hydrogen-bond acceptors (Lipinski definition) is 3. The van der Waals surface area contributed by atoms with Crippen LogP contribution in [-0.2, 0) is 6.18 Å². The van der Waals surface area contributed by atoms with Crippen molar-refractivity contribution in [3.63, 3.8) is 0 Å². The molecule has 0 aliphatic heterocycles. The van der Waals surface area contributed by atoms with Crippen LogP contribution < -0.4 is 15.8 Å². The molecule has 0 radical (unpaired) electrons. The molecular formula is C13H17F3N2O2. The zero-order chi connectivity index (χ0) is 15.3. The predicted molar refractivity (Wildman–Crippen MR) is 68.6 cm³/mol. The summed E-state index contributed by atoms with van der Waals surface area (Å²) in [6.45, 7) is 3.52. The van der Waals surface area contributed by atoms with E-state index in [9.17, 15) is 18.0 Å². The Morgan fingerprint density at radius 2 is 2.05 bits per heavy atom. The van der Waals surface area contributed by atoms with E-state index in [2.05, 4.69) is 5.32 Å². The summed E-state index contributed by atoms with van der Waals surface area (Å²) in [4.78, 5) is 11.7. The number of rotatable bonds is 5. The van der Waals surface area contributed by atoms with Gasteiger partial charge in [-0.05, 0) is 32.0 Å². The lowest BCUT2D eigenvalue weighted by atomic mass is 10.1. The number of carbonyl (C=O) groups is 1. The van der Waals surface area contributed by atoms with Crippen molar-refractivity contribution in [2.45, 2.75) is 26.1 Å². The van der Waals surface area contributed by atoms with Crippen LogP contribution in [0.5, 0.6) is 5.75 Å². The van der Waals surface area contributed by atoms with E-state index in [1.165, 1.54) is 6.07 Å². The Morgan fingerprint density at radius 1 is 1.40 bits per heavy atom. The van der Waals surface area contributed by atoms with Crippen molar-refractivity contribution < 1.29 is 22.7 Å². The lowest BCUT2D eigenvalue weighted by Crippen LogP contribution is -2.30.